The molecule has 0 fully saturated rings. The maximum absolute atomic E-state index is 12.6. The highest BCUT2D eigenvalue weighted by Crippen LogP contribution is 2.26. The Bertz CT molecular complexity index is 1050. The van der Waals surface area contributed by atoms with Crippen molar-refractivity contribution >= 4 is 44.9 Å². The molecular formula is C18H16N4O2S2. The summed E-state index contributed by atoms with van der Waals surface area (Å²) in [5.74, 6) is -0.0191. The Morgan fingerprint density at radius 1 is 1.42 bits per heavy atom. The topological polar surface area (TPSA) is 87.8 Å². The molecule has 1 amide bonds. The Kier molecular flexibility index (Phi) is 5.71. The third-order valence-corrected chi connectivity index (χ3v) is 5.81. The molecule has 0 aliphatic heterocycles. The molecule has 3 aromatic rings. The molecule has 0 spiro atoms. The van der Waals surface area contributed by atoms with E-state index >= 15 is 0 Å². The van der Waals surface area contributed by atoms with Crippen LogP contribution in [0.25, 0.3) is 10.2 Å². The van der Waals surface area contributed by atoms with Gasteiger partial charge >= 0.3 is 0 Å². The molecule has 132 valence electrons. The Labute approximate surface area is 158 Å². The van der Waals surface area contributed by atoms with Crippen molar-refractivity contribution in [1.29, 1.82) is 5.26 Å². The number of nitrogens with one attached hydrogen (secondary N) is 1. The molecule has 0 atom stereocenters. The summed E-state index contributed by atoms with van der Waals surface area (Å²) in [6.45, 7) is 1.91. The van der Waals surface area contributed by atoms with Gasteiger partial charge in [-0.15, -0.1) is 23.1 Å². The molecule has 1 N–H and O–H groups in total. The molecule has 0 bridgehead atoms. The highest BCUT2D eigenvalue weighted by Gasteiger charge is 2.12. The van der Waals surface area contributed by atoms with Gasteiger partial charge in [-0.3, -0.25) is 14.2 Å². The second-order valence-electron chi connectivity index (χ2n) is 5.45. The van der Waals surface area contributed by atoms with Crippen molar-refractivity contribution in [3.05, 3.63) is 51.9 Å². The van der Waals surface area contributed by atoms with Crippen LogP contribution in [0.15, 0.2) is 46.3 Å². The lowest BCUT2D eigenvalue weighted by Crippen LogP contribution is -2.27. The van der Waals surface area contributed by atoms with Crippen molar-refractivity contribution in [2.24, 2.45) is 0 Å². The quantitative estimate of drug-likeness (QED) is 0.659. The lowest BCUT2D eigenvalue weighted by Gasteiger charge is -2.10. The zero-order chi connectivity index (χ0) is 18.5. The van der Waals surface area contributed by atoms with Gasteiger partial charge in [0.1, 0.15) is 11.4 Å². The molecule has 8 heteroatoms. The third-order valence-electron chi connectivity index (χ3n) is 3.68. The van der Waals surface area contributed by atoms with Crippen molar-refractivity contribution in [2.75, 3.05) is 11.1 Å². The molecule has 0 radical (unpaired) electrons. The van der Waals surface area contributed by atoms with E-state index in [0.29, 0.717) is 21.7 Å². The number of thiophene rings is 1. The van der Waals surface area contributed by atoms with Crippen LogP contribution in [-0.4, -0.2) is 21.2 Å². The largest absolute Gasteiger partial charge is 0.324 e. The summed E-state index contributed by atoms with van der Waals surface area (Å²) in [6, 6.07) is 11.2. The number of fused-ring (bicyclic) bond motifs is 1. The average molecular weight is 384 g/mol. The maximum Gasteiger partial charge on any atom is 0.262 e. The molecule has 0 aliphatic rings. The standard InChI is InChI=1S/C18H16N4O2S2/c1-2-12-9-13-17(26-12)20-11-22(18(13)24)10-16(23)21-14-5-3-4-6-15(14)25-8-7-19/h3-6,9,11H,2,8,10H2,1H3,(H,21,23). The second kappa shape index (κ2) is 8.17. The minimum atomic E-state index is -0.316. The van der Waals surface area contributed by atoms with Crippen LogP contribution in [0.5, 0.6) is 0 Å². The molecule has 0 unspecified atom stereocenters. The van der Waals surface area contributed by atoms with Gasteiger partial charge in [0, 0.05) is 9.77 Å². The number of aromatic nitrogens is 2. The first-order valence-electron chi connectivity index (χ1n) is 7.99. The zero-order valence-corrected chi connectivity index (χ0v) is 15.7. The molecule has 3 rings (SSSR count). The van der Waals surface area contributed by atoms with E-state index in [2.05, 4.69) is 16.4 Å². The molecule has 1 aromatic carbocycles. The van der Waals surface area contributed by atoms with E-state index < -0.39 is 0 Å². The summed E-state index contributed by atoms with van der Waals surface area (Å²) < 4.78 is 1.31. The summed E-state index contributed by atoms with van der Waals surface area (Å²) in [6.07, 6.45) is 2.26. The fourth-order valence-electron chi connectivity index (χ4n) is 2.45. The SMILES string of the molecule is CCc1cc2c(=O)n(CC(=O)Nc3ccccc3SCC#N)cnc2s1. The van der Waals surface area contributed by atoms with Crippen molar-refractivity contribution in [3.8, 4) is 6.07 Å². The smallest absolute Gasteiger partial charge is 0.262 e. The van der Waals surface area contributed by atoms with Crippen molar-refractivity contribution in [1.82, 2.24) is 9.55 Å². The number of thioether (sulfide) groups is 1. The van der Waals surface area contributed by atoms with Crippen LogP contribution in [0.3, 0.4) is 0 Å². The molecule has 0 saturated carbocycles. The normalized spacial score (nSPS) is 10.6. The number of aryl methyl sites for hydroxylation is 1. The molecule has 2 heterocycles. The number of nitriles is 1. The molecule has 2 aromatic heterocycles. The van der Waals surface area contributed by atoms with E-state index in [1.165, 1.54) is 34.0 Å². The first-order chi connectivity index (χ1) is 12.6. The number of amides is 1. The summed E-state index contributed by atoms with van der Waals surface area (Å²) in [5, 5.41) is 12.1. The number of nitrogens with zero attached hydrogens (tertiary/aromatic N) is 3. The first-order valence-corrected chi connectivity index (χ1v) is 9.79. The average Bonchev–Trinajstić information content (AvgIpc) is 3.07. The number of anilines is 1. The van der Waals surface area contributed by atoms with Gasteiger partial charge in [0.25, 0.3) is 5.56 Å². The highest BCUT2D eigenvalue weighted by molar-refractivity contribution is 7.99. The molecule has 26 heavy (non-hydrogen) atoms. The number of rotatable bonds is 6. The Morgan fingerprint density at radius 2 is 2.23 bits per heavy atom. The number of benzene rings is 1. The van der Waals surface area contributed by atoms with E-state index in [-0.39, 0.29) is 18.0 Å². The Hall–Kier alpha value is -2.63. The van der Waals surface area contributed by atoms with E-state index in [1.54, 1.807) is 6.07 Å². The van der Waals surface area contributed by atoms with Crippen LogP contribution in [-0.2, 0) is 17.8 Å². The lowest BCUT2D eigenvalue weighted by atomic mass is 10.3. The van der Waals surface area contributed by atoms with Crippen LogP contribution < -0.4 is 10.9 Å². The predicted octanol–water partition coefficient (Wildman–Crippen LogP) is 3.27. The van der Waals surface area contributed by atoms with Gasteiger partial charge in [-0.2, -0.15) is 5.26 Å². The Balaban J connectivity index is 1.79. The van der Waals surface area contributed by atoms with Crippen LogP contribution in [0, 0.1) is 11.3 Å². The maximum atomic E-state index is 12.6. The molecule has 0 aliphatic carbocycles. The highest BCUT2D eigenvalue weighted by atomic mass is 32.2. The van der Waals surface area contributed by atoms with E-state index in [0.717, 1.165) is 16.2 Å². The lowest BCUT2D eigenvalue weighted by molar-refractivity contribution is -0.116. The van der Waals surface area contributed by atoms with Crippen LogP contribution in [0.1, 0.15) is 11.8 Å². The Morgan fingerprint density at radius 3 is 3.00 bits per heavy atom. The van der Waals surface area contributed by atoms with E-state index in [4.69, 9.17) is 5.26 Å². The van der Waals surface area contributed by atoms with Gasteiger partial charge in [0.05, 0.1) is 29.2 Å². The number of carbonyl (C=O) groups is 1. The second-order valence-corrected chi connectivity index (χ2v) is 7.59. The van der Waals surface area contributed by atoms with E-state index in [1.807, 2.05) is 31.2 Å². The van der Waals surface area contributed by atoms with Crippen molar-refractivity contribution in [2.45, 2.75) is 24.8 Å². The molecule has 6 nitrogen and oxygen atoms in total. The van der Waals surface area contributed by atoms with E-state index in [9.17, 15) is 9.59 Å². The number of hydrogen-bond donors (Lipinski definition) is 1. The van der Waals surface area contributed by atoms with Crippen molar-refractivity contribution < 1.29 is 4.79 Å². The van der Waals surface area contributed by atoms with Crippen LogP contribution in [0.2, 0.25) is 0 Å². The molecule has 0 saturated heterocycles. The monoisotopic (exact) mass is 384 g/mol. The van der Waals surface area contributed by atoms with Gasteiger partial charge < -0.3 is 5.32 Å². The van der Waals surface area contributed by atoms with Gasteiger partial charge in [0.15, 0.2) is 0 Å². The summed E-state index contributed by atoms with van der Waals surface area (Å²) in [4.78, 5) is 31.8. The van der Waals surface area contributed by atoms with Crippen molar-refractivity contribution in [3.63, 3.8) is 0 Å². The number of carbonyl (C=O) groups excluding carboxylic acids is 1. The number of para-hydroxylation sites is 1. The fourth-order valence-corrected chi connectivity index (χ4v) is 4.04. The molecular weight excluding hydrogens is 368 g/mol. The zero-order valence-electron chi connectivity index (χ0n) is 14.1. The van der Waals surface area contributed by atoms with Gasteiger partial charge in [-0.1, -0.05) is 19.1 Å². The van der Waals surface area contributed by atoms with Crippen LogP contribution in [0.4, 0.5) is 5.69 Å². The minimum absolute atomic E-state index is 0.115. The summed E-state index contributed by atoms with van der Waals surface area (Å²) in [5.41, 5.74) is 0.414. The van der Waals surface area contributed by atoms with Gasteiger partial charge in [0.2, 0.25) is 5.91 Å². The van der Waals surface area contributed by atoms with Gasteiger partial charge in [-0.25, -0.2) is 4.98 Å². The number of hydrogen-bond acceptors (Lipinski definition) is 6. The predicted molar refractivity (Wildman–Crippen MR) is 105 cm³/mol. The first kappa shape index (κ1) is 18.2. The fraction of sp³-hybridized carbons (Fsp3) is 0.222. The van der Waals surface area contributed by atoms with Crippen LogP contribution >= 0.6 is 23.1 Å². The summed E-state index contributed by atoms with van der Waals surface area (Å²) in [7, 11) is 0. The third kappa shape index (κ3) is 3.95. The minimum Gasteiger partial charge on any atom is -0.324 e. The summed E-state index contributed by atoms with van der Waals surface area (Å²) >= 11 is 2.85. The van der Waals surface area contributed by atoms with Gasteiger partial charge in [-0.05, 0) is 24.6 Å².